The van der Waals surface area contributed by atoms with Gasteiger partial charge < -0.3 is 10.4 Å². The van der Waals surface area contributed by atoms with Gasteiger partial charge >= 0.3 is 0 Å². The molecule has 0 spiro atoms. The summed E-state index contributed by atoms with van der Waals surface area (Å²) in [4.78, 5) is 20.2. The average molecular weight is 263 g/mol. The van der Waals surface area contributed by atoms with Gasteiger partial charge in [0.1, 0.15) is 6.33 Å². The molecule has 0 fully saturated rings. The molecule has 0 saturated carbocycles. The fourth-order valence-corrected chi connectivity index (χ4v) is 1.70. The van der Waals surface area contributed by atoms with E-state index in [-0.39, 0.29) is 24.5 Å². The molecule has 7 heteroatoms. The summed E-state index contributed by atoms with van der Waals surface area (Å²) in [5.74, 6) is 0.230. The van der Waals surface area contributed by atoms with Crippen molar-refractivity contribution in [1.29, 1.82) is 0 Å². The maximum absolute atomic E-state index is 12.2. The van der Waals surface area contributed by atoms with Gasteiger partial charge in [-0.25, -0.2) is 9.50 Å². The second-order valence-corrected chi connectivity index (χ2v) is 4.65. The SMILES string of the molecule is Cc1c(C(=O)NC(C)C(C)CO)cnc2ncnn12. The standard InChI is InChI=1S/C12H17N5O2/c1-7(5-18)8(2)16-11(19)10-4-13-12-14-6-15-17(12)9(10)3/h4,6-8,18H,5H2,1-3H3,(H,16,19). The molecule has 0 radical (unpaired) electrons. The number of carbonyl (C=O) groups is 1. The topological polar surface area (TPSA) is 92.4 Å². The molecule has 0 aliphatic carbocycles. The zero-order valence-corrected chi connectivity index (χ0v) is 11.2. The number of amides is 1. The van der Waals surface area contributed by atoms with Crippen LogP contribution < -0.4 is 5.32 Å². The minimum absolute atomic E-state index is 0.00711. The molecule has 0 aliphatic rings. The Morgan fingerprint density at radius 1 is 1.47 bits per heavy atom. The minimum Gasteiger partial charge on any atom is -0.396 e. The van der Waals surface area contributed by atoms with Crippen LogP contribution in [0, 0.1) is 12.8 Å². The monoisotopic (exact) mass is 263 g/mol. The lowest BCUT2D eigenvalue weighted by molar-refractivity contribution is 0.0914. The molecule has 2 rings (SSSR count). The lowest BCUT2D eigenvalue weighted by Gasteiger charge is -2.19. The van der Waals surface area contributed by atoms with E-state index in [0.717, 1.165) is 0 Å². The largest absolute Gasteiger partial charge is 0.396 e. The van der Waals surface area contributed by atoms with Crippen molar-refractivity contribution in [3.8, 4) is 0 Å². The molecule has 1 amide bonds. The number of hydrogen-bond acceptors (Lipinski definition) is 5. The molecule has 2 N–H and O–H groups in total. The van der Waals surface area contributed by atoms with Crippen LogP contribution in [0.15, 0.2) is 12.5 Å². The van der Waals surface area contributed by atoms with Crippen LogP contribution in [-0.2, 0) is 0 Å². The van der Waals surface area contributed by atoms with Crippen LogP contribution >= 0.6 is 0 Å². The fraction of sp³-hybridized carbons (Fsp3) is 0.500. The third kappa shape index (κ3) is 2.55. The van der Waals surface area contributed by atoms with Gasteiger partial charge in [0.25, 0.3) is 11.7 Å². The number of aromatic nitrogens is 4. The first-order chi connectivity index (χ1) is 9.04. The zero-order chi connectivity index (χ0) is 14.0. The molecule has 0 aliphatic heterocycles. The third-order valence-corrected chi connectivity index (χ3v) is 3.29. The highest BCUT2D eigenvalue weighted by Crippen LogP contribution is 2.09. The Labute approximate surface area is 110 Å². The van der Waals surface area contributed by atoms with Gasteiger partial charge in [0.05, 0.1) is 11.3 Å². The van der Waals surface area contributed by atoms with Crippen molar-refractivity contribution in [2.24, 2.45) is 5.92 Å². The molecule has 102 valence electrons. The molecule has 2 atom stereocenters. The van der Waals surface area contributed by atoms with E-state index in [1.807, 2.05) is 13.8 Å². The van der Waals surface area contributed by atoms with Crippen molar-refractivity contribution in [2.75, 3.05) is 6.61 Å². The molecule has 2 aromatic rings. The normalized spacial score (nSPS) is 14.3. The van der Waals surface area contributed by atoms with Crippen molar-refractivity contribution in [2.45, 2.75) is 26.8 Å². The van der Waals surface area contributed by atoms with Crippen molar-refractivity contribution in [3.63, 3.8) is 0 Å². The summed E-state index contributed by atoms with van der Waals surface area (Å²) in [6.07, 6.45) is 2.89. The maximum Gasteiger partial charge on any atom is 0.254 e. The summed E-state index contributed by atoms with van der Waals surface area (Å²) in [6, 6.07) is -0.122. The van der Waals surface area contributed by atoms with Crippen LogP contribution in [0.5, 0.6) is 0 Å². The van der Waals surface area contributed by atoms with Crippen LogP contribution in [0.1, 0.15) is 29.9 Å². The van der Waals surface area contributed by atoms with Crippen LogP contribution in [0.3, 0.4) is 0 Å². The van der Waals surface area contributed by atoms with E-state index < -0.39 is 0 Å². The number of rotatable bonds is 4. The van der Waals surface area contributed by atoms with Crippen molar-refractivity contribution < 1.29 is 9.90 Å². The van der Waals surface area contributed by atoms with Crippen LogP contribution in [0.25, 0.3) is 5.78 Å². The summed E-state index contributed by atoms with van der Waals surface area (Å²) < 4.78 is 1.52. The summed E-state index contributed by atoms with van der Waals surface area (Å²) in [5, 5.41) is 15.9. The second-order valence-electron chi connectivity index (χ2n) is 4.65. The van der Waals surface area contributed by atoms with E-state index >= 15 is 0 Å². The smallest absolute Gasteiger partial charge is 0.254 e. The maximum atomic E-state index is 12.2. The van der Waals surface area contributed by atoms with Gasteiger partial charge in [0.2, 0.25) is 0 Å². The van der Waals surface area contributed by atoms with E-state index in [1.165, 1.54) is 17.0 Å². The lowest BCUT2D eigenvalue weighted by atomic mass is 10.0. The number of aliphatic hydroxyl groups excluding tert-OH is 1. The van der Waals surface area contributed by atoms with E-state index in [0.29, 0.717) is 17.0 Å². The molecule has 7 nitrogen and oxygen atoms in total. The Kier molecular flexibility index (Phi) is 3.75. The molecular formula is C12H17N5O2. The molecule has 2 unspecified atom stereocenters. The van der Waals surface area contributed by atoms with Gasteiger partial charge in [0.15, 0.2) is 0 Å². The number of aliphatic hydroxyl groups is 1. The molecule has 2 aromatic heterocycles. The lowest BCUT2D eigenvalue weighted by Crippen LogP contribution is -2.38. The number of fused-ring (bicyclic) bond motifs is 1. The first-order valence-electron chi connectivity index (χ1n) is 6.11. The zero-order valence-electron chi connectivity index (χ0n) is 11.2. The van der Waals surface area contributed by atoms with Crippen molar-refractivity contribution in [1.82, 2.24) is 24.9 Å². The molecular weight excluding hydrogens is 246 g/mol. The Bertz CT molecular complexity index is 595. The van der Waals surface area contributed by atoms with Crippen LogP contribution in [-0.4, -0.2) is 43.2 Å². The number of nitrogens with one attached hydrogen (secondary N) is 1. The molecule has 19 heavy (non-hydrogen) atoms. The third-order valence-electron chi connectivity index (χ3n) is 3.29. The van der Waals surface area contributed by atoms with Gasteiger partial charge in [-0.2, -0.15) is 10.1 Å². The van der Waals surface area contributed by atoms with Gasteiger partial charge in [-0.05, 0) is 19.8 Å². The van der Waals surface area contributed by atoms with Gasteiger partial charge in [-0.15, -0.1) is 0 Å². The van der Waals surface area contributed by atoms with Crippen molar-refractivity contribution >= 4 is 11.7 Å². The van der Waals surface area contributed by atoms with Crippen molar-refractivity contribution in [3.05, 3.63) is 23.8 Å². The predicted octanol–water partition coefficient (Wildman–Crippen LogP) is 0.179. The number of nitrogens with zero attached hydrogens (tertiary/aromatic N) is 4. The van der Waals surface area contributed by atoms with E-state index in [2.05, 4.69) is 20.4 Å². The Balaban J connectivity index is 2.24. The van der Waals surface area contributed by atoms with Gasteiger partial charge in [-0.1, -0.05) is 6.92 Å². The first-order valence-corrected chi connectivity index (χ1v) is 6.11. The van der Waals surface area contributed by atoms with E-state index in [1.54, 1.807) is 6.92 Å². The number of hydrogen-bond donors (Lipinski definition) is 2. The highest BCUT2D eigenvalue weighted by molar-refractivity contribution is 5.95. The fourth-order valence-electron chi connectivity index (χ4n) is 1.70. The highest BCUT2D eigenvalue weighted by Gasteiger charge is 2.18. The van der Waals surface area contributed by atoms with Gasteiger partial charge in [0, 0.05) is 18.8 Å². The number of carbonyl (C=O) groups excluding carboxylic acids is 1. The first kappa shape index (κ1) is 13.4. The minimum atomic E-state index is -0.227. The molecule has 0 bridgehead atoms. The summed E-state index contributed by atoms with van der Waals surface area (Å²) >= 11 is 0. The van der Waals surface area contributed by atoms with E-state index in [9.17, 15) is 4.79 Å². The summed E-state index contributed by atoms with van der Waals surface area (Å²) in [6.45, 7) is 5.55. The summed E-state index contributed by atoms with van der Waals surface area (Å²) in [7, 11) is 0. The second kappa shape index (κ2) is 5.31. The Hall–Kier alpha value is -2.02. The highest BCUT2D eigenvalue weighted by atomic mass is 16.3. The average Bonchev–Trinajstić information content (AvgIpc) is 2.87. The summed E-state index contributed by atoms with van der Waals surface area (Å²) in [5.41, 5.74) is 1.14. The van der Waals surface area contributed by atoms with Crippen LogP contribution in [0.2, 0.25) is 0 Å². The molecule has 2 heterocycles. The van der Waals surface area contributed by atoms with E-state index in [4.69, 9.17) is 5.11 Å². The van der Waals surface area contributed by atoms with Gasteiger partial charge in [-0.3, -0.25) is 4.79 Å². The Morgan fingerprint density at radius 2 is 2.21 bits per heavy atom. The quantitative estimate of drug-likeness (QED) is 0.821. The Morgan fingerprint density at radius 3 is 2.89 bits per heavy atom. The number of aryl methyl sites for hydroxylation is 1. The molecule has 0 saturated heterocycles. The molecule has 0 aromatic carbocycles. The van der Waals surface area contributed by atoms with Crippen LogP contribution in [0.4, 0.5) is 0 Å². The predicted molar refractivity (Wildman–Crippen MR) is 68.7 cm³/mol.